The van der Waals surface area contributed by atoms with Gasteiger partial charge in [0.25, 0.3) is 0 Å². The molecule has 0 aliphatic carbocycles. The van der Waals surface area contributed by atoms with Crippen molar-refractivity contribution in [1.82, 2.24) is 0 Å². The van der Waals surface area contributed by atoms with Crippen LogP contribution in [-0.4, -0.2) is 24.1 Å². The number of rotatable bonds is 3. The highest BCUT2D eigenvalue weighted by atomic mass is 16.6. The standard InChI is InChI=1S/C9H12O4/c1-3-6-5-7(9(11)12-6)13-8(10)4-2/h4,6-7H,2-3,5H2,1H3. The summed E-state index contributed by atoms with van der Waals surface area (Å²) in [7, 11) is 0. The van der Waals surface area contributed by atoms with Crippen molar-refractivity contribution in [3.63, 3.8) is 0 Å². The van der Waals surface area contributed by atoms with Gasteiger partial charge in [-0.2, -0.15) is 0 Å². The fourth-order valence-electron chi connectivity index (χ4n) is 1.16. The molecule has 1 saturated heterocycles. The van der Waals surface area contributed by atoms with Gasteiger partial charge >= 0.3 is 11.9 Å². The molecule has 13 heavy (non-hydrogen) atoms. The second kappa shape index (κ2) is 4.07. The van der Waals surface area contributed by atoms with Crippen LogP contribution in [0.4, 0.5) is 0 Å². The van der Waals surface area contributed by atoms with Gasteiger partial charge in [0, 0.05) is 12.5 Å². The molecule has 4 heteroatoms. The Morgan fingerprint density at radius 1 is 1.85 bits per heavy atom. The molecular weight excluding hydrogens is 172 g/mol. The maximum Gasteiger partial charge on any atom is 0.347 e. The van der Waals surface area contributed by atoms with Crippen molar-refractivity contribution in [2.45, 2.75) is 32.0 Å². The van der Waals surface area contributed by atoms with Crippen LogP contribution in [0.2, 0.25) is 0 Å². The first kappa shape index (κ1) is 9.77. The van der Waals surface area contributed by atoms with Gasteiger partial charge in [0.15, 0.2) is 0 Å². The fourth-order valence-corrected chi connectivity index (χ4v) is 1.16. The van der Waals surface area contributed by atoms with Crippen LogP contribution >= 0.6 is 0 Å². The highest BCUT2D eigenvalue weighted by molar-refractivity contribution is 5.85. The van der Waals surface area contributed by atoms with Gasteiger partial charge in [0.1, 0.15) is 6.10 Å². The Morgan fingerprint density at radius 3 is 3.00 bits per heavy atom. The zero-order valence-corrected chi connectivity index (χ0v) is 7.49. The van der Waals surface area contributed by atoms with Crippen LogP contribution in [0.15, 0.2) is 12.7 Å². The number of carbonyl (C=O) groups is 2. The molecule has 0 bridgehead atoms. The van der Waals surface area contributed by atoms with Crippen molar-refractivity contribution in [2.24, 2.45) is 0 Å². The smallest absolute Gasteiger partial charge is 0.347 e. The summed E-state index contributed by atoms with van der Waals surface area (Å²) < 4.78 is 9.69. The van der Waals surface area contributed by atoms with E-state index in [4.69, 9.17) is 9.47 Å². The zero-order chi connectivity index (χ0) is 9.84. The number of hydrogen-bond acceptors (Lipinski definition) is 4. The maximum absolute atomic E-state index is 11.1. The van der Waals surface area contributed by atoms with E-state index in [-0.39, 0.29) is 6.10 Å². The monoisotopic (exact) mass is 184 g/mol. The van der Waals surface area contributed by atoms with Crippen molar-refractivity contribution in [3.05, 3.63) is 12.7 Å². The lowest BCUT2D eigenvalue weighted by Crippen LogP contribution is -2.21. The van der Waals surface area contributed by atoms with Gasteiger partial charge in [0.2, 0.25) is 6.10 Å². The second-order valence-electron chi connectivity index (χ2n) is 2.83. The molecular formula is C9H12O4. The maximum atomic E-state index is 11.1. The second-order valence-corrected chi connectivity index (χ2v) is 2.83. The Kier molecular flexibility index (Phi) is 3.06. The lowest BCUT2D eigenvalue weighted by Gasteiger charge is -2.04. The lowest BCUT2D eigenvalue weighted by atomic mass is 10.2. The highest BCUT2D eigenvalue weighted by Gasteiger charge is 2.35. The molecule has 4 nitrogen and oxygen atoms in total. The van der Waals surface area contributed by atoms with Crippen molar-refractivity contribution >= 4 is 11.9 Å². The molecule has 0 saturated carbocycles. The van der Waals surface area contributed by atoms with E-state index >= 15 is 0 Å². The number of hydrogen-bond donors (Lipinski definition) is 0. The number of carbonyl (C=O) groups excluding carboxylic acids is 2. The summed E-state index contributed by atoms with van der Waals surface area (Å²) in [5, 5.41) is 0. The molecule has 0 N–H and O–H groups in total. The van der Waals surface area contributed by atoms with E-state index in [1.54, 1.807) is 0 Å². The van der Waals surface area contributed by atoms with Crippen molar-refractivity contribution in [2.75, 3.05) is 0 Å². The molecule has 1 aliphatic rings. The minimum atomic E-state index is -0.740. The Balaban J connectivity index is 2.48. The Bertz CT molecular complexity index is 234. The van der Waals surface area contributed by atoms with E-state index in [2.05, 4.69) is 6.58 Å². The topological polar surface area (TPSA) is 52.6 Å². The summed E-state index contributed by atoms with van der Waals surface area (Å²) in [6.45, 7) is 5.15. The summed E-state index contributed by atoms with van der Waals surface area (Å²) in [5.41, 5.74) is 0. The molecule has 72 valence electrons. The predicted molar refractivity (Wildman–Crippen MR) is 44.9 cm³/mol. The van der Waals surface area contributed by atoms with Crippen molar-refractivity contribution < 1.29 is 19.1 Å². The zero-order valence-electron chi connectivity index (χ0n) is 7.49. The van der Waals surface area contributed by atoms with Crippen molar-refractivity contribution in [1.29, 1.82) is 0 Å². The molecule has 1 rings (SSSR count). The summed E-state index contributed by atoms with van der Waals surface area (Å²) in [6.07, 6.45) is 1.38. The van der Waals surface area contributed by atoms with E-state index in [0.717, 1.165) is 12.5 Å². The van der Waals surface area contributed by atoms with Crippen LogP contribution in [0.5, 0.6) is 0 Å². The summed E-state index contributed by atoms with van der Waals surface area (Å²) in [6, 6.07) is 0. The van der Waals surface area contributed by atoms with Crippen LogP contribution in [0, 0.1) is 0 Å². The number of esters is 2. The van der Waals surface area contributed by atoms with E-state index in [1.165, 1.54) is 0 Å². The fraction of sp³-hybridized carbons (Fsp3) is 0.556. The van der Waals surface area contributed by atoms with Crippen LogP contribution in [0.25, 0.3) is 0 Å². The molecule has 0 amide bonds. The number of ether oxygens (including phenoxy) is 2. The van der Waals surface area contributed by atoms with Crippen LogP contribution in [0.3, 0.4) is 0 Å². The molecule has 1 aliphatic heterocycles. The first-order valence-electron chi connectivity index (χ1n) is 4.21. The SMILES string of the molecule is C=CC(=O)OC1CC(CC)OC1=O. The number of cyclic esters (lactones) is 1. The highest BCUT2D eigenvalue weighted by Crippen LogP contribution is 2.20. The summed E-state index contributed by atoms with van der Waals surface area (Å²) in [4.78, 5) is 21.8. The Morgan fingerprint density at radius 2 is 2.54 bits per heavy atom. The molecule has 0 aromatic heterocycles. The third-order valence-corrected chi connectivity index (χ3v) is 1.90. The van der Waals surface area contributed by atoms with Gasteiger partial charge in [-0.25, -0.2) is 9.59 Å². The van der Waals surface area contributed by atoms with Crippen LogP contribution in [0.1, 0.15) is 19.8 Å². The third-order valence-electron chi connectivity index (χ3n) is 1.90. The van der Waals surface area contributed by atoms with Gasteiger partial charge in [-0.05, 0) is 6.42 Å². The molecule has 1 fully saturated rings. The van der Waals surface area contributed by atoms with Gasteiger partial charge in [0.05, 0.1) is 0 Å². The lowest BCUT2D eigenvalue weighted by molar-refractivity contribution is -0.157. The Hall–Kier alpha value is -1.32. The molecule has 1 heterocycles. The van der Waals surface area contributed by atoms with E-state index in [9.17, 15) is 9.59 Å². The molecule has 2 atom stereocenters. The van der Waals surface area contributed by atoms with Gasteiger partial charge in [-0.15, -0.1) is 0 Å². The molecule has 0 aromatic rings. The first-order chi connectivity index (χ1) is 6.17. The van der Waals surface area contributed by atoms with Gasteiger partial charge in [-0.3, -0.25) is 0 Å². The quantitative estimate of drug-likeness (QED) is 0.481. The average Bonchev–Trinajstić information content (AvgIpc) is 2.47. The van der Waals surface area contributed by atoms with Crippen LogP contribution in [-0.2, 0) is 19.1 Å². The molecule has 2 unspecified atom stereocenters. The van der Waals surface area contributed by atoms with Crippen LogP contribution < -0.4 is 0 Å². The van der Waals surface area contributed by atoms with Crippen molar-refractivity contribution in [3.8, 4) is 0 Å². The predicted octanol–water partition coefficient (Wildman–Crippen LogP) is 0.810. The van der Waals surface area contributed by atoms with E-state index in [1.807, 2.05) is 6.92 Å². The largest absolute Gasteiger partial charge is 0.459 e. The first-order valence-corrected chi connectivity index (χ1v) is 4.21. The van der Waals surface area contributed by atoms with Gasteiger partial charge < -0.3 is 9.47 Å². The van der Waals surface area contributed by atoms with E-state index in [0.29, 0.717) is 6.42 Å². The normalized spacial score (nSPS) is 26.7. The molecule has 0 radical (unpaired) electrons. The summed E-state index contributed by atoms with van der Waals surface area (Å²) >= 11 is 0. The third kappa shape index (κ3) is 2.31. The van der Waals surface area contributed by atoms with Gasteiger partial charge in [-0.1, -0.05) is 13.5 Å². The molecule has 0 spiro atoms. The van der Waals surface area contributed by atoms with E-state index < -0.39 is 18.0 Å². The molecule has 0 aromatic carbocycles. The summed E-state index contributed by atoms with van der Waals surface area (Å²) in [5.74, 6) is -1.04. The minimum Gasteiger partial charge on any atom is -0.459 e. The minimum absolute atomic E-state index is 0.116. The average molecular weight is 184 g/mol. The Labute approximate surface area is 76.5 Å².